The van der Waals surface area contributed by atoms with Crippen LogP contribution in [0.25, 0.3) is 95.0 Å². The number of benzene rings is 9. The van der Waals surface area contributed by atoms with Gasteiger partial charge in [0.15, 0.2) is 17.5 Å². The highest BCUT2D eigenvalue weighted by Gasteiger charge is 2.51. The topological polar surface area (TPSA) is 43.6 Å². The van der Waals surface area contributed by atoms with Crippen molar-refractivity contribution in [2.24, 2.45) is 0 Å². The fourth-order valence-corrected chi connectivity index (χ4v) is 10.6. The first-order chi connectivity index (χ1) is 30.8. The van der Waals surface area contributed by atoms with Crippen LogP contribution in [0.2, 0.25) is 0 Å². The number of hydrogen-bond donors (Lipinski definition) is 0. The summed E-state index contributed by atoms with van der Waals surface area (Å²) >= 11 is 0. The van der Waals surface area contributed by atoms with Crippen molar-refractivity contribution in [2.45, 2.75) is 5.41 Å². The van der Waals surface area contributed by atoms with Crippen LogP contribution in [0.4, 0.5) is 0 Å². The molecule has 0 fully saturated rings. The first-order valence-corrected chi connectivity index (χ1v) is 21.2. The summed E-state index contributed by atoms with van der Waals surface area (Å²) in [5.41, 5.74) is 18.3. The van der Waals surface area contributed by atoms with E-state index in [1.165, 1.54) is 49.9 Å². The molecule has 2 heterocycles. The summed E-state index contributed by atoms with van der Waals surface area (Å²) in [6.07, 6.45) is 0. The van der Waals surface area contributed by atoms with Crippen LogP contribution in [-0.2, 0) is 5.41 Å². The molecule has 0 N–H and O–H groups in total. The molecule has 2 aliphatic rings. The summed E-state index contributed by atoms with van der Waals surface area (Å²) in [6, 6.07) is 78.4. The Morgan fingerprint density at radius 2 is 0.790 bits per heavy atom. The second-order valence-electron chi connectivity index (χ2n) is 16.3. The highest BCUT2D eigenvalue weighted by molar-refractivity contribution is 6.13. The maximum atomic E-state index is 5.42. The van der Waals surface area contributed by atoms with Crippen molar-refractivity contribution in [2.75, 3.05) is 0 Å². The van der Waals surface area contributed by atoms with Crippen molar-refractivity contribution in [1.82, 2.24) is 19.5 Å². The van der Waals surface area contributed by atoms with Gasteiger partial charge >= 0.3 is 0 Å². The van der Waals surface area contributed by atoms with Crippen LogP contribution in [-0.4, -0.2) is 19.5 Å². The molecule has 0 bridgehead atoms. The third kappa shape index (κ3) is 4.86. The highest BCUT2D eigenvalue weighted by Crippen LogP contribution is 2.63. The SMILES string of the molecule is c1ccc(-c2nc(-c3ccccc3-c3ccc4c(c3)-c3ccccc3C43c4ccccc4-c4ccccc43)nc(-c3cccc4c5ccccc5n(-c5ccccc5)c34)n2)cc1. The smallest absolute Gasteiger partial charge is 0.166 e. The largest absolute Gasteiger partial charge is 0.309 e. The van der Waals surface area contributed by atoms with Crippen LogP contribution in [0.1, 0.15) is 22.3 Å². The van der Waals surface area contributed by atoms with Crippen LogP contribution >= 0.6 is 0 Å². The number of nitrogens with zero attached hydrogens (tertiary/aromatic N) is 4. The van der Waals surface area contributed by atoms with E-state index in [2.05, 4.69) is 205 Å². The molecule has 2 aliphatic carbocycles. The van der Waals surface area contributed by atoms with E-state index in [9.17, 15) is 0 Å². The van der Waals surface area contributed by atoms with Crippen molar-refractivity contribution < 1.29 is 0 Å². The zero-order valence-corrected chi connectivity index (χ0v) is 33.6. The summed E-state index contributed by atoms with van der Waals surface area (Å²) in [5.74, 6) is 1.88. The molecule has 1 spiro atoms. The Bertz CT molecular complexity index is 3540. The zero-order valence-electron chi connectivity index (χ0n) is 33.6. The minimum absolute atomic E-state index is 0.395. The molecular formula is C58H36N4. The van der Waals surface area contributed by atoms with Crippen molar-refractivity contribution in [1.29, 1.82) is 0 Å². The second kappa shape index (κ2) is 13.4. The van der Waals surface area contributed by atoms with Gasteiger partial charge in [-0.05, 0) is 86.0 Å². The number of para-hydroxylation sites is 3. The van der Waals surface area contributed by atoms with Crippen LogP contribution in [0, 0.1) is 0 Å². The molecule has 0 aliphatic heterocycles. The molecule has 4 nitrogen and oxygen atoms in total. The highest BCUT2D eigenvalue weighted by atomic mass is 15.0. The third-order valence-electron chi connectivity index (χ3n) is 13.1. The number of fused-ring (bicyclic) bond motifs is 13. The van der Waals surface area contributed by atoms with Gasteiger partial charge in [0, 0.05) is 33.2 Å². The predicted octanol–water partition coefficient (Wildman–Crippen LogP) is 14.0. The second-order valence-corrected chi connectivity index (χ2v) is 16.3. The third-order valence-corrected chi connectivity index (χ3v) is 13.1. The molecule has 0 atom stereocenters. The Balaban J connectivity index is 1.03. The molecular weight excluding hydrogens is 753 g/mol. The summed E-state index contributed by atoms with van der Waals surface area (Å²) in [6.45, 7) is 0. The van der Waals surface area contributed by atoms with Gasteiger partial charge in [0.1, 0.15) is 0 Å². The molecule has 62 heavy (non-hydrogen) atoms. The average molecular weight is 789 g/mol. The van der Waals surface area contributed by atoms with E-state index in [-0.39, 0.29) is 0 Å². The fourth-order valence-electron chi connectivity index (χ4n) is 10.6. The van der Waals surface area contributed by atoms with Crippen LogP contribution in [0.5, 0.6) is 0 Å². The van der Waals surface area contributed by atoms with E-state index < -0.39 is 5.41 Å². The van der Waals surface area contributed by atoms with E-state index in [0.29, 0.717) is 17.5 Å². The lowest BCUT2D eigenvalue weighted by Gasteiger charge is -2.30. The Morgan fingerprint density at radius 1 is 0.306 bits per heavy atom. The minimum atomic E-state index is -0.395. The predicted molar refractivity (Wildman–Crippen MR) is 252 cm³/mol. The van der Waals surface area contributed by atoms with Gasteiger partial charge in [0.05, 0.1) is 16.4 Å². The van der Waals surface area contributed by atoms with Gasteiger partial charge in [-0.15, -0.1) is 0 Å². The standard InChI is InChI=1S/C58H36N4/c1-3-18-37(19-4-1)55-59-56(61-57(60-55)47-29-17-28-45-44-26-12-16-33-53(44)62(54(45)47)39-20-5-2-6-21-39)46-27-8-7-22-40(46)38-34-35-52-48(36-38)43-25-11-15-32-51(43)58(52)49-30-13-9-23-41(49)42-24-10-14-31-50(42)58/h1-36H. The average Bonchev–Trinajstić information content (AvgIpc) is 3.96. The van der Waals surface area contributed by atoms with E-state index in [4.69, 9.17) is 15.0 Å². The number of hydrogen-bond acceptors (Lipinski definition) is 3. The van der Waals surface area contributed by atoms with Crippen molar-refractivity contribution in [3.63, 3.8) is 0 Å². The maximum Gasteiger partial charge on any atom is 0.166 e. The van der Waals surface area contributed by atoms with E-state index >= 15 is 0 Å². The molecule has 0 radical (unpaired) electrons. The number of aromatic nitrogens is 4. The van der Waals surface area contributed by atoms with Gasteiger partial charge < -0.3 is 4.57 Å². The molecule has 4 heteroatoms. The minimum Gasteiger partial charge on any atom is -0.309 e. The quantitative estimate of drug-likeness (QED) is 0.174. The van der Waals surface area contributed by atoms with Crippen molar-refractivity contribution in [3.05, 3.63) is 241 Å². The normalized spacial score (nSPS) is 13.0. The van der Waals surface area contributed by atoms with Gasteiger partial charge in [-0.1, -0.05) is 188 Å². The fraction of sp³-hybridized carbons (Fsp3) is 0.0172. The lowest BCUT2D eigenvalue weighted by molar-refractivity contribution is 0.794. The Labute approximate surface area is 359 Å². The first kappa shape index (κ1) is 34.6. The Morgan fingerprint density at radius 3 is 1.48 bits per heavy atom. The van der Waals surface area contributed by atoms with Gasteiger partial charge in [-0.25, -0.2) is 15.0 Å². The van der Waals surface area contributed by atoms with Crippen LogP contribution in [0.15, 0.2) is 218 Å². The summed E-state index contributed by atoms with van der Waals surface area (Å²) in [7, 11) is 0. The molecule has 0 unspecified atom stereocenters. The summed E-state index contributed by atoms with van der Waals surface area (Å²) < 4.78 is 2.34. The molecule has 0 saturated carbocycles. The molecule has 288 valence electrons. The molecule has 2 aromatic heterocycles. The van der Waals surface area contributed by atoms with E-state index in [1.54, 1.807) is 0 Å². The summed E-state index contributed by atoms with van der Waals surface area (Å²) in [5, 5.41) is 2.33. The Kier molecular flexibility index (Phi) is 7.49. The molecule has 0 amide bonds. The van der Waals surface area contributed by atoms with Gasteiger partial charge in [-0.2, -0.15) is 0 Å². The lowest BCUT2D eigenvalue weighted by atomic mass is 9.70. The summed E-state index contributed by atoms with van der Waals surface area (Å²) in [4.78, 5) is 16.0. The van der Waals surface area contributed by atoms with E-state index in [1.807, 2.05) is 18.2 Å². The molecule has 11 aromatic rings. The van der Waals surface area contributed by atoms with Gasteiger partial charge in [-0.3, -0.25) is 0 Å². The van der Waals surface area contributed by atoms with Crippen molar-refractivity contribution in [3.8, 4) is 73.2 Å². The molecule has 9 aromatic carbocycles. The van der Waals surface area contributed by atoms with E-state index in [0.717, 1.165) is 49.9 Å². The lowest BCUT2D eigenvalue weighted by Crippen LogP contribution is -2.25. The maximum absolute atomic E-state index is 5.42. The van der Waals surface area contributed by atoms with Crippen LogP contribution in [0.3, 0.4) is 0 Å². The van der Waals surface area contributed by atoms with Crippen LogP contribution < -0.4 is 0 Å². The molecule has 13 rings (SSSR count). The molecule has 0 saturated heterocycles. The van der Waals surface area contributed by atoms with Gasteiger partial charge in [0.25, 0.3) is 0 Å². The monoisotopic (exact) mass is 788 g/mol. The first-order valence-electron chi connectivity index (χ1n) is 21.2. The zero-order chi connectivity index (χ0) is 40.8. The van der Waals surface area contributed by atoms with Gasteiger partial charge in [0.2, 0.25) is 0 Å². The number of rotatable bonds is 5. The Hall–Kier alpha value is -8.21. The van der Waals surface area contributed by atoms with Crippen molar-refractivity contribution >= 4 is 21.8 Å².